The molecule has 0 aromatic carbocycles. The van der Waals surface area contributed by atoms with Crippen molar-refractivity contribution in [1.82, 2.24) is 5.32 Å². The van der Waals surface area contributed by atoms with Crippen molar-refractivity contribution >= 4 is 0 Å². The van der Waals surface area contributed by atoms with Crippen LogP contribution in [0.1, 0.15) is 19.8 Å². The lowest BCUT2D eigenvalue weighted by Gasteiger charge is -2.30. The Morgan fingerprint density at radius 1 is 1.62 bits per heavy atom. The second kappa shape index (κ2) is 7.01. The molecule has 0 aromatic heterocycles. The topological polar surface area (TPSA) is 50.7 Å². The van der Waals surface area contributed by atoms with Gasteiger partial charge in [0.1, 0.15) is 0 Å². The maximum Gasteiger partial charge on any atom is 0.0689 e. The maximum absolute atomic E-state index is 9.03. The third-order valence-electron chi connectivity index (χ3n) is 2.85. The van der Waals surface area contributed by atoms with Crippen molar-refractivity contribution in [1.29, 1.82) is 0 Å². The van der Waals surface area contributed by atoms with Crippen molar-refractivity contribution in [2.75, 3.05) is 40.1 Å². The van der Waals surface area contributed by atoms with Gasteiger partial charge in [-0.2, -0.15) is 0 Å². The van der Waals surface area contributed by atoms with Crippen LogP contribution in [0.25, 0.3) is 0 Å². The van der Waals surface area contributed by atoms with Gasteiger partial charge in [0, 0.05) is 25.8 Å². The molecule has 94 valence electrons. The second-order valence-electron chi connectivity index (χ2n) is 4.52. The zero-order chi connectivity index (χ0) is 11.9. The van der Waals surface area contributed by atoms with Gasteiger partial charge >= 0.3 is 0 Å². The number of rotatable bonds is 7. The number of aliphatic hydroxyl groups is 1. The van der Waals surface area contributed by atoms with Crippen LogP contribution in [0.2, 0.25) is 0 Å². The molecule has 2 N–H and O–H groups in total. The normalized spacial score (nSPS) is 20.3. The van der Waals surface area contributed by atoms with E-state index in [1.165, 1.54) is 5.57 Å². The third-order valence-corrected chi connectivity index (χ3v) is 2.85. The van der Waals surface area contributed by atoms with Crippen LogP contribution in [0.5, 0.6) is 0 Å². The average Bonchev–Trinajstić information content (AvgIpc) is 2.29. The first-order chi connectivity index (χ1) is 7.70. The molecule has 0 amide bonds. The number of hydrogen-bond acceptors (Lipinski definition) is 4. The minimum absolute atomic E-state index is 0.165. The van der Waals surface area contributed by atoms with Crippen molar-refractivity contribution < 1.29 is 14.6 Å². The molecule has 0 aliphatic carbocycles. The molecular weight excluding hydrogens is 206 g/mol. The summed E-state index contributed by atoms with van der Waals surface area (Å²) in [6.07, 6.45) is 3.91. The van der Waals surface area contributed by atoms with E-state index in [-0.39, 0.29) is 12.1 Å². The van der Waals surface area contributed by atoms with Gasteiger partial charge in [-0.15, -0.1) is 0 Å². The molecule has 0 saturated carbocycles. The summed E-state index contributed by atoms with van der Waals surface area (Å²) in [5.41, 5.74) is 1.12. The second-order valence-corrected chi connectivity index (χ2v) is 4.52. The highest BCUT2D eigenvalue weighted by molar-refractivity contribution is 5.08. The molecule has 1 rings (SSSR count). The molecule has 1 aliphatic rings. The van der Waals surface area contributed by atoms with Crippen molar-refractivity contribution in [2.24, 2.45) is 0 Å². The first kappa shape index (κ1) is 13.6. The number of methoxy groups -OCH3 is 1. The molecule has 1 atom stereocenters. The fraction of sp³-hybridized carbons (Fsp3) is 0.833. The van der Waals surface area contributed by atoms with E-state index in [4.69, 9.17) is 14.6 Å². The molecule has 0 aromatic rings. The minimum atomic E-state index is -0.165. The first-order valence-electron chi connectivity index (χ1n) is 5.81. The lowest BCUT2D eigenvalue weighted by atomic mass is 9.99. The van der Waals surface area contributed by atoms with Gasteiger partial charge in [0.2, 0.25) is 0 Å². The Hall–Kier alpha value is -0.420. The molecule has 1 unspecified atom stereocenters. The summed E-state index contributed by atoms with van der Waals surface area (Å²) in [6.45, 7) is 5.19. The van der Waals surface area contributed by atoms with E-state index in [1.807, 2.05) is 0 Å². The lowest BCUT2D eigenvalue weighted by molar-refractivity contribution is 0.0973. The van der Waals surface area contributed by atoms with Crippen molar-refractivity contribution in [3.63, 3.8) is 0 Å². The van der Waals surface area contributed by atoms with Crippen molar-refractivity contribution in [2.45, 2.75) is 25.3 Å². The standard InChI is InChI=1S/C12H23NO3/c1-12(5-6-14,10-15-2)13-8-11-4-3-7-16-9-11/h4,13-14H,3,5-10H2,1-2H3. The van der Waals surface area contributed by atoms with Crippen LogP contribution in [0.3, 0.4) is 0 Å². The van der Waals surface area contributed by atoms with E-state index in [9.17, 15) is 0 Å². The van der Waals surface area contributed by atoms with Gasteiger partial charge in [0.15, 0.2) is 0 Å². The van der Waals surface area contributed by atoms with Crippen LogP contribution in [0.15, 0.2) is 11.6 Å². The molecule has 0 saturated heterocycles. The van der Waals surface area contributed by atoms with Gasteiger partial charge in [0.05, 0.1) is 19.8 Å². The van der Waals surface area contributed by atoms with E-state index in [0.29, 0.717) is 13.0 Å². The van der Waals surface area contributed by atoms with Crippen LogP contribution < -0.4 is 5.32 Å². The molecule has 4 nitrogen and oxygen atoms in total. The number of ether oxygens (including phenoxy) is 2. The molecule has 1 heterocycles. The Morgan fingerprint density at radius 3 is 3.00 bits per heavy atom. The minimum Gasteiger partial charge on any atom is -0.396 e. The van der Waals surface area contributed by atoms with Crippen molar-refractivity contribution in [3.8, 4) is 0 Å². The first-order valence-corrected chi connectivity index (χ1v) is 5.81. The van der Waals surface area contributed by atoms with Crippen LogP contribution in [0, 0.1) is 0 Å². The summed E-state index contributed by atoms with van der Waals surface area (Å²) in [4.78, 5) is 0. The van der Waals surface area contributed by atoms with Gasteiger partial charge < -0.3 is 19.9 Å². The highest BCUT2D eigenvalue weighted by atomic mass is 16.5. The van der Waals surface area contributed by atoms with Crippen molar-refractivity contribution in [3.05, 3.63) is 11.6 Å². The largest absolute Gasteiger partial charge is 0.396 e. The maximum atomic E-state index is 9.03. The SMILES string of the molecule is COCC(C)(CCO)NCC1=CCCOC1. The van der Waals surface area contributed by atoms with E-state index in [2.05, 4.69) is 18.3 Å². The Morgan fingerprint density at radius 2 is 2.44 bits per heavy atom. The van der Waals surface area contributed by atoms with Gasteiger partial charge in [-0.1, -0.05) is 6.08 Å². The summed E-state index contributed by atoms with van der Waals surface area (Å²) in [5.74, 6) is 0. The Kier molecular flexibility index (Phi) is 5.98. The average molecular weight is 229 g/mol. The summed E-state index contributed by atoms with van der Waals surface area (Å²) in [7, 11) is 1.68. The van der Waals surface area contributed by atoms with Crippen LogP contribution in [-0.2, 0) is 9.47 Å². The van der Waals surface area contributed by atoms with E-state index < -0.39 is 0 Å². The van der Waals surface area contributed by atoms with Gasteiger partial charge in [-0.05, 0) is 25.3 Å². The summed E-state index contributed by atoms with van der Waals surface area (Å²) in [5, 5.41) is 12.5. The summed E-state index contributed by atoms with van der Waals surface area (Å²) >= 11 is 0. The fourth-order valence-electron chi connectivity index (χ4n) is 1.84. The zero-order valence-corrected chi connectivity index (χ0v) is 10.3. The summed E-state index contributed by atoms with van der Waals surface area (Å²) < 4.78 is 10.6. The molecule has 0 spiro atoms. The fourth-order valence-corrected chi connectivity index (χ4v) is 1.84. The number of hydrogen-bond donors (Lipinski definition) is 2. The highest BCUT2D eigenvalue weighted by Gasteiger charge is 2.23. The predicted octanol–water partition coefficient (Wildman–Crippen LogP) is 0.710. The Bertz CT molecular complexity index is 222. The van der Waals surface area contributed by atoms with E-state index >= 15 is 0 Å². The molecule has 0 radical (unpaired) electrons. The number of aliphatic hydroxyl groups excluding tert-OH is 1. The highest BCUT2D eigenvalue weighted by Crippen LogP contribution is 2.12. The molecule has 4 heteroatoms. The van der Waals surface area contributed by atoms with Gasteiger partial charge in [0.25, 0.3) is 0 Å². The molecule has 1 aliphatic heterocycles. The quantitative estimate of drug-likeness (QED) is 0.631. The molecule has 0 fully saturated rings. The Balaban J connectivity index is 2.39. The monoisotopic (exact) mass is 229 g/mol. The van der Waals surface area contributed by atoms with Crippen LogP contribution in [0.4, 0.5) is 0 Å². The molecule has 16 heavy (non-hydrogen) atoms. The molecule has 0 bridgehead atoms. The van der Waals surface area contributed by atoms with Gasteiger partial charge in [-0.25, -0.2) is 0 Å². The van der Waals surface area contributed by atoms with Gasteiger partial charge in [-0.3, -0.25) is 0 Å². The Labute approximate surface area is 97.6 Å². The van der Waals surface area contributed by atoms with Crippen LogP contribution in [-0.4, -0.2) is 50.7 Å². The predicted molar refractivity (Wildman–Crippen MR) is 63.5 cm³/mol. The third kappa shape index (κ3) is 4.61. The number of nitrogens with one attached hydrogen (secondary N) is 1. The van der Waals surface area contributed by atoms with E-state index in [0.717, 1.165) is 26.2 Å². The van der Waals surface area contributed by atoms with E-state index in [1.54, 1.807) is 7.11 Å². The summed E-state index contributed by atoms with van der Waals surface area (Å²) in [6, 6.07) is 0. The lowest BCUT2D eigenvalue weighted by Crippen LogP contribution is -2.48. The zero-order valence-electron chi connectivity index (χ0n) is 10.3. The van der Waals surface area contributed by atoms with Crippen LogP contribution >= 0.6 is 0 Å². The molecular formula is C12H23NO3. The smallest absolute Gasteiger partial charge is 0.0689 e.